The Balaban J connectivity index is 3.25. The molecule has 0 radical (unpaired) electrons. The molecule has 1 aromatic rings. The fraction of sp³-hybridized carbons (Fsp3) is 0.273. The highest BCUT2D eigenvalue weighted by Crippen LogP contribution is 2.33. The van der Waals surface area contributed by atoms with E-state index < -0.39 is 17.8 Å². The highest BCUT2D eigenvalue weighted by Gasteiger charge is 2.31. The standard InChI is InChI=1S/C11H9BrF3N/c1-3-10(16-2)8-6-7(11(13,14)15)4-5-9(8)12/h1,4-6,10,16H,2H3. The van der Waals surface area contributed by atoms with Crippen LogP contribution in [-0.4, -0.2) is 7.05 Å². The number of hydrogen-bond donors (Lipinski definition) is 1. The molecule has 1 nitrogen and oxygen atoms in total. The van der Waals surface area contributed by atoms with Gasteiger partial charge >= 0.3 is 6.18 Å². The zero-order chi connectivity index (χ0) is 12.3. The van der Waals surface area contributed by atoms with Gasteiger partial charge in [0.2, 0.25) is 0 Å². The van der Waals surface area contributed by atoms with E-state index in [2.05, 4.69) is 27.2 Å². The van der Waals surface area contributed by atoms with Crippen molar-refractivity contribution in [1.29, 1.82) is 0 Å². The molecule has 0 heterocycles. The van der Waals surface area contributed by atoms with Gasteiger partial charge in [0, 0.05) is 4.47 Å². The molecule has 0 bridgehead atoms. The van der Waals surface area contributed by atoms with Gasteiger partial charge in [-0.3, -0.25) is 0 Å². The smallest absolute Gasteiger partial charge is 0.303 e. The van der Waals surface area contributed by atoms with E-state index >= 15 is 0 Å². The van der Waals surface area contributed by atoms with Crippen LogP contribution in [0.2, 0.25) is 0 Å². The van der Waals surface area contributed by atoms with Crippen molar-refractivity contribution in [2.24, 2.45) is 0 Å². The molecule has 1 N–H and O–H groups in total. The predicted octanol–water partition coefficient (Wildman–Crippen LogP) is 3.36. The van der Waals surface area contributed by atoms with E-state index in [0.717, 1.165) is 12.1 Å². The molecule has 0 amide bonds. The molecular weight excluding hydrogens is 283 g/mol. The normalized spacial score (nSPS) is 13.2. The van der Waals surface area contributed by atoms with E-state index in [1.54, 1.807) is 7.05 Å². The fourth-order valence-corrected chi connectivity index (χ4v) is 1.75. The summed E-state index contributed by atoms with van der Waals surface area (Å²) in [7, 11) is 1.59. The van der Waals surface area contributed by atoms with Crippen LogP contribution < -0.4 is 5.32 Å². The summed E-state index contributed by atoms with van der Waals surface area (Å²) in [5, 5.41) is 2.75. The van der Waals surface area contributed by atoms with Crippen LogP contribution in [0, 0.1) is 12.3 Å². The van der Waals surface area contributed by atoms with E-state index in [4.69, 9.17) is 6.42 Å². The summed E-state index contributed by atoms with van der Waals surface area (Å²) < 4.78 is 38.0. The second-order valence-corrected chi connectivity index (χ2v) is 3.98. The minimum atomic E-state index is -4.36. The Kier molecular flexibility index (Phi) is 4.00. The number of halogens is 4. The van der Waals surface area contributed by atoms with Crippen LogP contribution in [0.1, 0.15) is 17.2 Å². The van der Waals surface area contributed by atoms with Gasteiger partial charge in [-0.05, 0) is 30.8 Å². The average Bonchev–Trinajstić information content (AvgIpc) is 2.20. The molecule has 1 rings (SSSR count). The van der Waals surface area contributed by atoms with Crippen LogP contribution >= 0.6 is 15.9 Å². The number of nitrogens with one attached hydrogen (secondary N) is 1. The molecule has 16 heavy (non-hydrogen) atoms. The van der Waals surface area contributed by atoms with Crippen molar-refractivity contribution in [1.82, 2.24) is 5.32 Å². The summed E-state index contributed by atoms with van der Waals surface area (Å²) in [6.45, 7) is 0. The lowest BCUT2D eigenvalue weighted by molar-refractivity contribution is -0.137. The third kappa shape index (κ3) is 2.77. The average molecular weight is 292 g/mol. The quantitative estimate of drug-likeness (QED) is 0.824. The molecule has 1 atom stereocenters. The number of rotatable bonds is 2. The fourth-order valence-electron chi connectivity index (χ4n) is 1.27. The van der Waals surface area contributed by atoms with Crippen LogP contribution in [0.4, 0.5) is 13.2 Å². The maximum absolute atomic E-state index is 12.5. The van der Waals surface area contributed by atoms with Gasteiger partial charge < -0.3 is 5.32 Å². The highest BCUT2D eigenvalue weighted by atomic mass is 79.9. The molecule has 0 saturated carbocycles. The van der Waals surface area contributed by atoms with Gasteiger partial charge in [0.15, 0.2) is 0 Å². The van der Waals surface area contributed by atoms with Gasteiger partial charge in [-0.15, -0.1) is 6.42 Å². The van der Waals surface area contributed by atoms with Gasteiger partial charge in [0.25, 0.3) is 0 Å². The molecule has 86 valence electrons. The Hall–Kier alpha value is -0.990. The molecule has 1 unspecified atom stereocenters. The first-order valence-corrected chi connectivity index (χ1v) is 5.19. The van der Waals surface area contributed by atoms with Crippen molar-refractivity contribution in [2.45, 2.75) is 12.2 Å². The molecule has 0 spiro atoms. The van der Waals surface area contributed by atoms with Crippen LogP contribution in [0.25, 0.3) is 0 Å². The van der Waals surface area contributed by atoms with Gasteiger partial charge in [-0.1, -0.05) is 21.9 Å². The first kappa shape index (κ1) is 13.1. The number of benzene rings is 1. The molecular formula is C11H9BrF3N. The minimum Gasteiger partial charge on any atom is -0.303 e. The van der Waals surface area contributed by atoms with Crippen molar-refractivity contribution < 1.29 is 13.2 Å². The second-order valence-electron chi connectivity index (χ2n) is 3.12. The number of hydrogen-bond acceptors (Lipinski definition) is 1. The first-order chi connectivity index (χ1) is 7.40. The monoisotopic (exact) mass is 291 g/mol. The largest absolute Gasteiger partial charge is 0.416 e. The lowest BCUT2D eigenvalue weighted by Gasteiger charge is -2.14. The van der Waals surface area contributed by atoms with Gasteiger partial charge in [-0.25, -0.2) is 0 Å². The SMILES string of the molecule is C#CC(NC)c1cc(C(F)(F)F)ccc1Br. The zero-order valence-corrected chi connectivity index (χ0v) is 9.98. The third-order valence-electron chi connectivity index (χ3n) is 2.09. The van der Waals surface area contributed by atoms with Crippen LogP contribution in [0.15, 0.2) is 22.7 Å². The molecule has 0 saturated heterocycles. The van der Waals surface area contributed by atoms with Crippen molar-refractivity contribution in [3.63, 3.8) is 0 Å². The van der Waals surface area contributed by atoms with Gasteiger partial charge in [-0.2, -0.15) is 13.2 Å². The number of alkyl halides is 3. The Morgan fingerprint density at radius 1 is 1.44 bits per heavy atom. The Morgan fingerprint density at radius 2 is 2.06 bits per heavy atom. The van der Waals surface area contributed by atoms with E-state index in [-0.39, 0.29) is 0 Å². The lowest BCUT2D eigenvalue weighted by atomic mass is 10.0. The Morgan fingerprint density at radius 3 is 2.50 bits per heavy atom. The van der Waals surface area contributed by atoms with Crippen LogP contribution in [-0.2, 0) is 6.18 Å². The molecule has 5 heteroatoms. The molecule has 0 aliphatic heterocycles. The summed E-state index contributed by atoms with van der Waals surface area (Å²) >= 11 is 3.18. The molecule has 1 aromatic carbocycles. The predicted molar refractivity (Wildman–Crippen MR) is 59.8 cm³/mol. The first-order valence-electron chi connectivity index (χ1n) is 4.40. The van der Waals surface area contributed by atoms with Crippen molar-refractivity contribution in [3.8, 4) is 12.3 Å². The Bertz CT molecular complexity index is 420. The van der Waals surface area contributed by atoms with E-state index in [9.17, 15) is 13.2 Å². The lowest BCUT2D eigenvalue weighted by Crippen LogP contribution is -2.16. The second kappa shape index (κ2) is 4.89. The van der Waals surface area contributed by atoms with Crippen LogP contribution in [0.5, 0.6) is 0 Å². The van der Waals surface area contributed by atoms with Crippen molar-refractivity contribution in [2.75, 3.05) is 7.05 Å². The molecule has 0 aromatic heterocycles. The highest BCUT2D eigenvalue weighted by molar-refractivity contribution is 9.10. The maximum Gasteiger partial charge on any atom is 0.416 e. The zero-order valence-electron chi connectivity index (χ0n) is 8.40. The summed E-state index contributed by atoms with van der Waals surface area (Å²) in [6, 6.07) is 2.86. The molecule has 0 aliphatic carbocycles. The summed E-state index contributed by atoms with van der Waals surface area (Å²) in [6.07, 6.45) is 0.870. The molecule has 0 fully saturated rings. The maximum atomic E-state index is 12.5. The van der Waals surface area contributed by atoms with Gasteiger partial charge in [0.05, 0.1) is 11.6 Å². The topological polar surface area (TPSA) is 12.0 Å². The summed E-state index contributed by atoms with van der Waals surface area (Å²) in [5.74, 6) is 2.38. The van der Waals surface area contributed by atoms with Crippen molar-refractivity contribution >= 4 is 15.9 Å². The van der Waals surface area contributed by atoms with E-state index in [1.807, 2.05) is 0 Å². The van der Waals surface area contributed by atoms with E-state index in [1.165, 1.54) is 6.07 Å². The minimum absolute atomic E-state index is 0.403. The van der Waals surface area contributed by atoms with Crippen molar-refractivity contribution in [3.05, 3.63) is 33.8 Å². The summed E-state index contributed by atoms with van der Waals surface area (Å²) in [4.78, 5) is 0. The molecule has 0 aliphatic rings. The van der Waals surface area contributed by atoms with Crippen LogP contribution in [0.3, 0.4) is 0 Å². The Labute approximate surface area is 100 Å². The van der Waals surface area contributed by atoms with Gasteiger partial charge in [0.1, 0.15) is 0 Å². The van der Waals surface area contributed by atoms with E-state index in [0.29, 0.717) is 10.0 Å². The summed E-state index contributed by atoms with van der Waals surface area (Å²) in [5.41, 5.74) is -0.305. The number of terminal acetylenes is 1. The third-order valence-corrected chi connectivity index (χ3v) is 2.81.